The largest absolute Gasteiger partial charge is 0.306 e. The first-order chi connectivity index (χ1) is 4.74. The first-order valence-electron chi connectivity index (χ1n) is 2.52. The quantitative estimate of drug-likeness (QED) is 0.369. The predicted molar refractivity (Wildman–Crippen MR) is 37.0 cm³/mol. The minimum atomic E-state index is -0.521. The number of hydrazine groups is 1. The summed E-state index contributed by atoms with van der Waals surface area (Å²) in [7, 11) is 0. The summed E-state index contributed by atoms with van der Waals surface area (Å²) in [6.45, 7) is 0. The lowest BCUT2D eigenvalue weighted by Gasteiger charge is -1.98. The number of hydrogen-bond acceptors (Lipinski definition) is 3. The Kier molecular flexibility index (Phi) is 2.03. The van der Waals surface area contributed by atoms with E-state index in [-0.39, 0.29) is 11.0 Å². The molecule has 0 aliphatic carbocycles. The molecule has 0 saturated heterocycles. The third-order valence-corrected chi connectivity index (χ3v) is 1.16. The predicted octanol–water partition coefficient (Wildman–Crippen LogP) is 1.16. The smallest absolute Gasteiger partial charge is 0.177 e. The van der Waals surface area contributed by atoms with E-state index in [0.717, 1.165) is 0 Å². The fraction of sp³-hybridized carbons (Fsp3) is 0. The SMILES string of the molecule is NNc1nc(Cl)ccc1F. The number of nitrogen functional groups attached to an aromatic ring is 1. The number of aromatic nitrogens is 1. The minimum absolute atomic E-state index is 0.0486. The Labute approximate surface area is 62.0 Å². The molecule has 54 valence electrons. The molecule has 3 N–H and O–H groups in total. The highest BCUT2D eigenvalue weighted by molar-refractivity contribution is 6.29. The fourth-order valence-electron chi connectivity index (χ4n) is 0.520. The van der Waals surface area contributed by atoms with Crippen molar-refractivity contribution in [2.75, 3.05) is 5.43 Å². The first-order valence-corrected chi connectivity index (χ1v) is 2.90. The van der Waals surface area contributed by atoms with Crippen LogP contribution in [0.15, 0.2) is 12.1 Å². The third kappa shape index (κ3) is 1.34. The van der Waals surface area contributed by atoms with E-state index in [4.69, 9.17) is 17.4 Å². The molecule has 0 atom stereocenters. The van der Waals surface area contributed by atoms with E-state index in [0.29, 0.717) is 0 Å². The van der Waals surface area contributed by atoms with E-state index in [9.17, 15) is 4.39 Å². The molecule has 0 amide bonds. The average Bonchev–Trinajstić information content (AvgIpc) is 1.94. The molecule has 0 fully saturated rings. The fourth-order valence-corrected chi connectivity index (χ4v) is 0.667. The van der Waals surface area contributed by atoms with Crippen molar-refractivity contribution in [3.8, 4) is 0 Å². The summed E-state index contributed by atoms with van der Waals surface area (Å²) in [6, 6.07) is 2.53. The highest BCUT2D eigenvalue weighted by Gasteiger charge is 2.00. The molecule has 0 bridgehead atoms. The number of nitrogens with two attached hydrogens (primary N) is 1. The van der Waals surface area contributed by atoms with Gasteiger partial charge in [0.1, 0.15) is 5.15 Å². The Morgan fingerprint density at radius 3 is 2.80 bits per heavy atom. The summed E-state index contributed by atoms with van der Waals surface area (Å²) in [5.41, 5.74) is 2.07. The number of nitrogens with zero attached hydrogens (tertiary/aromatic N) is 1. The van der Waals surface area contributed by atoms with E-state index >= 15 is 0 Å². The van der Waals surface area contributed by atoms with Gasteiger partial charge in [-0.15, -0.1) is 0 Å². The number of nitrogens with one attached hydrogen (secondary N) is 1. The van der Waals surface area contributed by atoms with Gasteiger partial charge in [-0.3, -0.25) is 0 Å². The minimum Gasteiger partial charge on any atom is -0.306 e. The van der Waals surface area contributed by atoms with Gasteiger partial charge in [0.05, 0.1) is 0 Å². The van der Waals surface area contributed by atoms with Crippen LogP contribution in [0.2, 0.25) is 5.15 Å². The Bertz CT molecular complexity index is 240. The molecule has 1 heterocycles. The van der Waals surface area contributed by atoms with Crippen LogP contribution in [0.25, 0.3) is 0 Å². The van der Waals surface area contributed by atoms with Crippen LogP contribution in [0, 0.1) is 5.82 Å². The van der Waals surface area contributed by atoms with Crippen molar-refractivity contribution in [3.63, 3.8) is 0 Å². The Balaban J connectivity index is 3.09. The van der Waals surface area contributed by atoms with Gasteiger partial charge < -0.3 is 5.43 Å². The number of hydrogen-bond donors (Lipinski definition) is 2. The summed E-state index contributed by atoms with van der Waals surface area (Å²) in [4.78, 5) is 3.55. The normalized spacial score (nSPS) is 9.50. The van der Waals surface area contributed by atoms with Gasteiger partial charge in [-0.05, 0) is 12.1 Å². The van der Waals surface area contributed by atoms with Crippen molar-refractivity contribution in [1.29, 1.82) is 0 Å². The monoisotopic (exact) mass is 161 g/mol. The van der Waals surface area contributed by atoms with Gasteiger partial charge in [-0.2, -0.15) is 0 Å². The van der Waals surface area contributed by atoms with E-state index in [2.05, 4.69) is 10.4 Å². The van der Waals surface area contributed by atoms with Gasteiger partial charge in [-0.1, -0.05) is 11.6 Å². The molecule has 0 spiro atoms. The molecule has 0 aromatic carbocycles. The molecule has 0 saturated carbocycles. The van der Waals surface area contributed by atoms with Gasteiger partial charge in [-0.25, -0.2) is 15.2 Å². The Morgan fingerprint density at radius 2 is 2.30 bits per heavy atom. The third-order valence-electron chi connectivity index (χ3n) is 0.949. The van der Waals surface area contributed by atoms with E-state index in [1.807, 2.05) is 0 Å². The second-order valence-corrected chi connectivity index (χ2v) is 2.00. The maximum Gasteiger partial charge on any atom is 0.177 e. The molecule has 10 heavy (non-hydrogen) atoms. The van der Waals surface area contributed by atoms with Crippen LogP contribution in [-0.4, -0.2) is 4.98 Å². The Morgan fingerprint density at radius 1 is 1.60 bits per heavy atom. The molecule has 0 aliphatic rings. The van der Waals surface area contributed by atoms with E-state index in [1.165, 1.54) is 12.1 Å². The lowest BCUT2D eigenvalue weighted by Crippen LogP contribution is -2.10. The molecule has 0 unspecified atom stereocenters. The van der Waals surface area contributed by atoms with E-state index < -0.39 is 5.82 Å². The maximum absolute atomic E-state index is 12.5. The number of halogens is 2. The lowest BCUT2D eigenvalue weighted by atomic mass is 10.4. The Hall–Kier alpha value is -0.870. The zero-order valence-electron chi connectivity index (χ0n) is 4.94. The van der Waals surface area contributed by atoms with Gasteiger partial charge in [0.2, 0.25) is 0 Å². The molecule has 5 heteroatoms. The first kappa shape index (κ1) is 7.24. The van der Waals surface area contributed by atoms with Gasteiger partial charge in [0.15, 0.2) is 11.6 Å². The van der Waals surface area contributed by atoms with E-state index in [1.54, 1.807) is 0 Å². The number of pyridine rings is 1. The lowest BCUT2D eigenvalue weighted by molar-refractivity contribution is 0.625. The molecule has 1 aromatic rings. The van der Waals surface area contributed by atoms with Crippen molar-refractivity contribution in [2.24, 2.45) is 5.84 Å². The zero-order chi connectivity index (χ0) is 7.56. The van der Waals surface area contributed by atoms with Crippen LogP contribution in [0.5, 0.6) is 0 Å². The van der Waals surface area contributed by atoms with Crippen LogP contribution in [-0.2, 0) is 0 Å². The van der Waals surface area contributed by atoms with Crippen molar-refractivity contribution >= 4 is 17.4 Å². The molecular weight excluding hydrogens is 157 g/mol. The maximum atomic E-state index is 12.5. The topological polar surface area (TPSA) is 50.9 Å². The van der Waals surface area contributed by atoms with Gasteiger partial charge in [0.25, 0.3) is 0 Å². The zero-order valence-corrected chi connectivity index (χ0v) is 5.69. The summed E-state index contributed by atoms with van der Waals surface area (Å²) in [5, 5.41) is 0.203. The van der Waals surface area contributed by atoms with Crippen molar-refractivity contribution in [2.45, 2.75) is 0 Å². The highest BCUT2D eigenvalue weighted by Crippen LogP contribution is 2.12. The standard InChI is InChI=1S/C5H5ClFN3/c6-4-2-1-3(7)5(9-4)10-8/h1-2H,8H2,(H,9,10). The molecule has 3 nitrogen and oxygen atoms in total. The van der Waals surface area contributed by atoms with Gasteiger partial charge in [0, 0.05) is 0 Å². The number of rotatable bonds is 1. The van der Waals surface area contributed by atoms with Crippen LogP contribution in [0.1, 0.15) is 0 Å². The average molecular weight is 162 g/mol. The van der Waals surface area contributed by atoms with Crippen molar-refractivity contribution < 1.29 is 4.39 Å². The summed E-state index contributed by atoms with van der Waals surface area (Å²) in [6.07, 6.45) is 0. The number of anilines is 1. The molecule has 0 aliphatic heterocycles. The highest BCUT2D eigenvalue weighted by atomic mass is 35.5. The molecule has 0 radical (unpaired) electrons. The van der Waals surface area contributed by atoms with Gasteiger partial charge >= 0.3 is 0 Å². The summed E-state index contributed by atoms with van der Waals surface area (Å²) >= 11 is 5.42. The summed E-state index contributed by atoms with van der Waals surface area (Å²) < 4.78 is 12.5. The van der Waals surface area contributed by atoms with Crippen LogP contribution in [0.3, 0.4) is 0 Å². The van der Waals surface area contributed by atoms with Crippen LogP contribution < -0.4 is 11.3 Å². The second kappa shape index (κ2) is 2.81. The molecule has 1 rings (SSSR count). The second-order valence-electron chi connectivity index (χ2n) is 1.61. The summed E-state index contributed by atoms with van der Waals surface area (Å²) in [5.74, 6) is 4.34. The van der Waals surface area contributed by atoms with Crippen LogP contribution >= 0.6 is 11.6 Å². The van der Waals surface area contributed by atoms with Crippen molar-refractivity contribution in [1.82, 2.24) is 4.98 Å². The molecular formula is C5H5ClFN3. The van der Waals surface area contributed by atoms with Crippen molar-refractivity contribution in [3.05, 3.63) is 23.1 Å². The molecule has 1 aromatic heterocycles. The van der Waals surface area contributed by atoms with Crippen LogP contribution in [0.4, 0.5) is 10.2 Å².